The molecule has 0 aromatic heterocycles. The lowest BCUT2D eigenvalue weighted by atomic mass is 10.1. The smallest absolute Gasteiger partial charge is 0.341 e. The first-order valence-corrected chi connectivity index (χ1v) is 2.91. The van der Waals surface area contributed by atoms with Crippen LogP contribution in [0.25, 0.3) is 0 Å². The first kappa shape index (κ1) is 10.2. The second-order valence-electron chi connectivity index (χ2n) is 2.03. The molecular formula is C6H8N2O4. The third-order valence-electron chi connectivity index (χ3n) is 1.20. The Morgan fingerprint density at radius 2 is 1.50 bits per heavy atom. The van der Waals surface area contributed by atoms with Gasteiger partial charge in [-0.05, 0) is 6.92 Å². The van der Waals surface area contributed by atoms with Crippen molar-refractivity contribution in [1.29, 1.82) is 0 Å². The lowest BCUT2D eigenvalue weighted by Gasteiger charge is -1.99. The monoisotopic (exact) mass is 172 g/mol. The van der Waals surface area contributed by atoms with Crippen LogP contribution in [0.3, 0.4) is 0 Å². The second kappa shape index (κ2) is 3.51. The Kier molecular flexibility index (Phi) is 2.97. The SMILES string of the molecule is C/C(C(N)=O)=C(\C(N)=O)C(=O)O. The van der Waals surface area contributed by atoms with Gasteiger partial charge in [0.1, 0.15) is 5.57 Å². The number of aliphatic carboxylic acids is 1. The van der Waals surface area contributed by atoms with Crippen molar-refractivity contribution < 1.29 is 19.5 Å². The van der Waals surface area contributed by atoms with E-state index in [-0.39, 0.29) is 5.57 Å². The van der Waals surface area contributed by atoms with Gasteiger partial charge in [0.15, 0.2) is 0 Å². The Hall–Kier alpha value is -1.85. The highest BCUT2D eigenvalue weighted by Crippen LogP contribution is 2.02. The van der Waals surface area contributed by atoms with Crippen molar-refractivity contribution in [3.63, 3.8) is 0 Å². The summed E-state index contributed by atoms with van der Waals surface area (Å²) in [6.07, 6.45) is 0. The molecule has 0 atom stereocenters. The van der Waals surface area contributed by atoms with Gasteiger partial charge in [-0.1, -0.05) is 0 Å². The van der Waals surface area contributed by atoms with Crippen molar-refractivity contribution >= 4 is 17.8 Å². The quantitative estimate of drug-likeness (QED) is 0.268. The molecule has 0 aromatic carbocycles. The number of primary amides is 2. The van der Waals surface area contributed by atoms with E-state index in [1.165, 1.54) is 0 Å². The molecule has 6 heteroatoms. The van der Waals surface area contributed by atoms with Crippen LogP contribution in [-0.2, 0) is 14.4 Å². The molecule has 0 heterocycles. The standard InChI is InChI=1S/C6H8N2O4/c1-2(4(7)9)3(5(8)10)6(11)12/h1H3,(H2,7,9)(H2,8,10)(H,11,12)/b3-2-. The number of carbonyl (C=O) groups is 3. The zero-order chi connectivity index (χ0) is 9.89. The maximum atomic E-state index is 10.5. The van der Waals surface area contributed by atoms with Crippen LogP contribution >= 0.6 is 0 Å². The second-order valence-corrected chi connectivity index (χ2v) is 2.03. The van der Waals surface area contributed by atoms with Crippen molar-refractivity contribution in [3.8, 4) is 0 Å². The van der Waals surface area contributed by atoms with Gasteiger partial charge in [0.25, 0.3) is 5.91 Å². The maximum absolute atomic E-state index is 10.5. The predicted molar refractivity (Wildman–Crippen MR) is 38.7 cm³/mol. The van der Waals surface area contributed by atoms with Gasteiger partial charge in [0, 0.05) is 5.57 Å². The van der Waals surface area contributed by atoms with E-state index < -0.39 is 23.4 Å². The molecule has 66 valence electrons. The van der Waals surface area contributed by atoms with E-state index in [4.69, 9.17) is 16.6 Å². The largest absolute Gasteiger partial charge is 0.477 e. The molecule has 0 unspecified atom stereocenters. The molecule has 12 heavy (non-hydrogen) atoms. The Bertz CT molecular complexity index is 263. The number of hydrogen-bond donors (Lipinski definition) is 3. The highest BCUT2D eigenvalue weighted by atomic mass is 16.4. The Labute approximate surface area is 67.8 Å². The van der Waals surface area contributed by atoms with Crippen LogP contribution in [-0.4, -0.2) is 22.9 Å². The third kappa shape index (κ3) is 2.08. The lowest BCUT2D eigenvalue weighted by Crippen LogP contribution is -2.26. The van der Waals surface area contributed by atoms with Gasteiger partial charge in [0.05, 0.1) is 0 Å². The zero-order valence-electron chi connectivity index (χ0n) is 6.33. The fourth-order valence-electron chi connectivity index (χ4n) is 0.574. The van der Waals surface area contributed by atoms with Gasteiger partial charge >= 0.3 is 5.97 Å². The molecule has 0 saturated carbocycles. The number of carboxylic acid groups (broad SMARTS) is 1. The normalized spacial score (nSPS) is 11.8. The summed E-state index contributed by atoms with van der Waals surface area (Å²) in [6, 6.07) is 0. The first-order chi connectivity index (χ1) is 5.37. The fraction of sp³-hybridized carbons (Fsp3) is 0.167. The van der Waals surface area contributed by atoms with Crippen LogP contribution in [0.4, 0.5) is 0 Å². The molecule has 2 amide bonds. The number of nitrogens with two attached hydrogens (primary N) is 2. The summed E-state index contributed by atoms with van der Waals surface area (Å²) in [5, 5.41) is 8.40. The van der Waals surface area contributed by atoms with Crippen LogP contribution in [0.15, 0.2) is 11.1 Å². The molecule has 0 aromatic rings. The molecule has 0 spiro atoms. The fourth-order valence-corrected chi connectivity index (χ4v) is 0.574. The summed E-state index contributed by atoms with van der Waals surface area (Å²) in [7, 11) is 0. The molecule has 0 aliphatic heterocycles. The van der Waals surface area contributed by atoms with E-state index >= 15 is 0 Å². The minimum absolute atomic E-state index is 0.352. The van der Waals surface area contributed by atoms with Gasteiger partial charge in [0.2, 0.25) is 5.91 Å². The summed E-state index contributed by atoms with van der Waals surface area (Å²) in [6.45, 7) is 1.12. The Balaban J connectivity index is 5.23. The van der Waals surface area contributed by atoms with Crippen molar-refractivity contribution in [3.05, 3.63) is 11.1 Å². The molecule has 0 saturated heterocycles. The number of rotatable bonds is 3. The summed E-state index contributed by atoms with van der Waals surface area (Å²) in [5.41, 5.74) is 8.31. The molecule has 5 N–H and O–H groups in total. The van der Waals surface area contributed by atoms with Gasteiger partial charge in [-0.2, -0.15) is 0 Å². The van der Waals surface area contributed by atoms with Crippen molar-refractivity contribution in [1.82, 2.24) is 0 Å². The Morgan fingerprint density at radius 3 is 1.58 bits per heavy atom. The van der Waals surface area contributed by atoms with Crippen LogP contribution in [0.1, 0.15) is 6.92 Å². The lowest BCUT2D eigenvalue weighted by molar-refractivity contribution is -0.135. The Morgan fingerprint density at radius 1 is 1.08 bits per heavy atom. The summed E-state index contributed by atoms with van der Waals surface area (Å²) < 4.78 is 0. The first-order valence-electron chi connectivity index (χ1n) is 2.91. The third-order valence-corrected chi connectivity index (χ3v) is 1.20. The van der Waals surface area contributed by atoms with Crippen LogP contribution < -0.4 is 11.5 Å². The summed E-state index contributed by atoms with van der Waals surface area (Å²) in [5.74, 6) is -3.72. The summed E-state index contributed by atoms with van der Waals surface area (Å²) in [4.78, 5) is 31.2. The van der Waals surface area contributed by atoms with Crippen LogP contribution in [0.2, 0.25) is 0 Å². The molecule has 0 radical (unpaired) electrons. The van der Waals surface area contributed by atoms with Gasteiger partial charge in [-0.25, -0.2) is 4.79 Å². The van der Waals surface area contributed by atoms with Crippen LogP contribution in [0, 0.1) is 0 Å². The van der Waals surface area contributed by atoms with Gasteiger partial charge in [-0.15, -0.1) is 0 Å². The number of hydrogen-bond acceptors (Lipinski definition) is 3. The van der Waals surface area contributed by atoms with E-state index in [0.29, 0.717) is 0 Å². The van der Waals surface area contributed by atoms with E-state index in [0.717, 1.165) is 6.92 Å². The number of carboxylic acids is 1. The zero-order valence-corrected chi connectivity index (χ0v) is 6.33. The average Bonchev–Trinajstić information content (AvgIpc) is 1.85. The van der Waals surface area contributed by atoms with Crippen molar-refractivity contribution in [2.45, 2.75) is 6.92 Å². The molecule has 0 fully saturated rings. The minimum atomic E-state index is -1.56. The van der Waals surface area contributed by atoms with E-state index in [1.54, 1.807) is 0 Å². The highest BCUT2D eigenvalue weighted by molar-refractivity contribution is 6.19. The van der Waals surface area contributed by atoms with E-state index in [9.17, 15) is 14.4 Å². The number of carbonyl (C=O) groups excluding carboxylic acids is 2. The van der Waals surface area contributed by atoms with Crippen molar-refractivity contribution in [2.75, 3.05) is 0 Å². The van der Waals surface area contributed by atoms with E-state index in [1.807, 2.05) is 0 Å². The van der Waals surface area contributed by atoms with Gasteiger partial charge in [-0.3, -0.25) is 9.59 Å². The van der Waals surface area contributed by atoms with Crippen molar-refractivity contribution in [2.24, 2.45) is 11.5 Å². The molecule has 0 aliphatic rings. The maximum Gasteiger partial charge on any atom is 0.341 e. The van der Waals surface area contributed by atoms with Crippen LogP contribution in [0.5, 0.6) is 0 Å². The van der Waals surface area contributed by atoms with E-state index in [2.05, 4.69) is 0 Å². The molecule has 6 nitrogen and oxygen atoms in total. The number of amides is 2. The average molecular weight is 172 g/mol. The molecule has 0 bridgehead atoms. The minimum Gasteiger partial charge on any atom is -0.477 e. The topological polar surface area (TPSA) is 123 Å². The molecule has 0 aliphatic carbocycles. The molecular weight excluding hydrogens is 164 g/mol. The highest BCUT2D eigenvalue weighted by Gasteiger charge is 2.19. The van der Waals surface area contributed by atoms with Gasteiger partial charge < -0.3 is 16.6 Å². The molecule has 0 rings (SSSR count). The predicted octanol–water partition coefficient (Wildman–Crippen LogP) is -1.64. The summed E-state index contributed by atoms with van der Waals surface area (Å²) >= 11 is 0.